The number of hydrogen-bond donors (Lipinski definition) is 1. The van der Waals surface area contributed by atoms with Gasteiger partial charge < -0.3 is 19.5 Å². The predicted octanol–water partition coefficient (Wildman–Crippen LogP) is 0.103. The van der Waals surface area contributed by atoms with Crippen LogP contribution in [0.15, 0.2) is 4.52 Å². The van der Waals surface area contributed by atoms with Crippen LogP contribution in [0.1, 0.15) is 25.6 Å². The van der Waals surface area contributed by atoms with Crippen LogP contribution in [0.25, 0.3) is 0 Å². The summed E-state index contributed by atoms with van der Waals surface area (Å²) in [7, 11) is 0. The third kappa shape index (κ3) is 4.00. The Labute approximate surface area is 112 Å². The summed E-state index contributed by atoms with van der Waals surface area (Å²) in [4.78, 5) is 17.8. The van der Waals surface area contributed by atoms with E-state index in [9.17, 15) is 4.79 Å². The molecule has 1 aliphatic heterocycles. The van der Waals surface area contributed by atoms with Gasteiger partial charge in [0.25, 0.3) is 5.89 Å². The second kappa shape index (κ2) is 6.12. The Kier molecular flexibility index (Phi) is 4.49. The van der Waals surface area contributed by atoms with Crippen molar-refractivity contribution in [2.75, 3.05) is 19.7 Å². The van der Waals surface area contributed by atoms with Crippen molar-refractivity contribution in [1.29, 1.82) is 0 Å². The summed E-state index contributed by atoms with van der Waals surface area (Å²) in [6.45, 7) is 7.51. The van der Waals surface area contributed by atoms with Crippen molar-refractivity contribution in [1.82, 2.24) is 20.4 Å². The molecule has 0 saturated carbocycles. The fourth-order valence-corrected chi connectivity index (χ4v) is 2.25. The molecular weight excluding hydrogens is 248 g/mol. The van der Waals surface area contributed by atoms with Crippen LogP contribution in [0.4, 0.5) is 0 Å². The number of aromatic nitrogens is 2. The Morgan fingerprint density at radius 3 is 2.74 bits per heavy atom. The molecule has 1 aliphatic rings. The highest BCUT2D eigenvalue weighted by atomic mass is 16.5. The Bertz CT molecular complexity index is 424. The average Bonchev–Trinajstić information content (AvgIpc) is 2.73. The lowest BCUT2D eigenvalue weighted by atomic mass is 10.1. The van der Waals surface area contributed by atoms with Crippen molar-refractivity contribution in [3.63, 3.8) is 0 Å². The molecule has 0 radical (unpaired) electrons. The van der Waals surface area contributed by atoms with E-state index < -0.39 is 0 Å². The van der Waals surface area contributed by atoms with Crippen molar-refractivity contribution in [3.8, 4) is 0 Å². The van der Waals surface area contributed by atoms with E-state index in [1.54, 1.807) is 6.92 Å². The summed E-state index contributed by atoms with van der Waals surface area (Å²) in [5, 5.41) is 7.04. The van der Waals surface area contributed by atoms with Gasteiger partial charge in [-0.05, 0) is 20.8 Å². The maximum atomic E-state index is 12.0. The lowest BCUT2D eigenvalue weighted by Crippen LogP contribution is -2.56. The second-order valence-electron chi connectivity index (χ2n) is 5.00. The third-order valence-electron chi connectivity index (χ3n) is 2.93. The van der Waals surface area contributed by atoms with Gasteiger partial charge >= 0.3 is 0 Å². The van der Waals surface area contributed by atoms with Crippen LogP contribution in [0.2, 0.25) is 0 Å². The highest BCUT2D eigenvalue weighted by Gasteiger charge is 2.24. The van der Waals surface area contributed by atoms with Gasteiger partial charge in [0.1, 0.15) is 13.2 Å². The molecule has 0 bridgehead atoms. The molecule has 1 saturated heterocycles. The summed E-state index contributed by atoms with van der Waals surface area (Å²) in [6, 6.07) is 0.623. The first-order valence-corrected chi connectivity index (χ1v) is 6.45. The monoisotopic (exact) mass is 268 g/mol. The number of amides is 1. The normalized spacial score (nSPS) is 23.6. The molecule has 0 aliphatic carbocycles. The van der Waals surface area contributed by atoms with Crippen molar-refractivity contribution < 1.29 is 14.1 Å². The summed E-state index contributed by atoms with van der Waals surface area (Å²) in [6.07, 6.45) is 0. The molecule has 1 aromatic rings. The number of piperazine rings is 1. The van der Waals surface area contributed by atoms with Crippen LogP contribution in [-0.2, 0) is 16.1 Å². The van der Waals surface area contributed by atoms with Gasteiger partial charge in [0.15, 0.2) is 5.82 Å². The van der Waals surface area contributed by atoms with Crippen LogP contribution in [0.5, 0.6) is 0 Å². The Hall–Kier alpha value is -1.47. The summed E-state index contributed by atoms with van der Waals surface area (Å²) >= 11 is 0. The fourth-order valence-electron chi connectivity index (χ4n) is 2.25. The molecule has 0 unspecified atom stereocenters. The van der Waals surface area contributed by atoms with E-state index in [4.69, 9.17) is 9.26 Å². The van der Waals surface area contributed by atoms with Crippen molar-refractivity contribution in [3.05, 3.63) is 11.7 Å². The molecule has 19 heavy (non-hydrogen) atoms. The first-order valence-electron chi connectivity index (χ1n) is 6.45. The Balaban J connectivity index is 1.74. The lowest BCUT2D eigenvalue weighted by Gasteiger charge is -2.36. The maximum absolute atomic E-state index is 12.0. The number of carbonyl (C=O) groups is 1. The number of rotatable bonds is 4. The summed E-state index contributed by atoms with van der Waals surface area (Å²) < 4.78 is 10.2. The fraction of sp³-hybridized carbons (Fsp3) is 0.750. The number of hydrogen-bond acceptors (Lipinski definition) is 6. The molecule has 2 atom stereocenters. The van der Waals surface area contributed by atoms with Crippen LogP contribution < -0.4 is 5.32 Å². The van der Waals surface area contributed by atoms with Gasteiger partial charge in [0, 0.05) is 25.2 Å². The molecular formula is C12H20N4O3. The first kappa shape index (κ1) is 14.0. The quantitative estimate of drug-likeness (QED) is 0.834. The number of nitrogens with zero attached hydrogens (tertiary/aromatic N) is 3. The lowest BCUT2D eigenvalue weighted by molar-refractivity contribution is -0.138. The summed E-state index contributed by atoms with van der Waals surface area (Å²) in [5.74, 6) is 0.957. The highest BCUT2D eigenvalue weighted by molar-refractivity contribution is 5.77. The molecule has 1 N–H and O–H groups in total. The van der Waals surface area contributed by atoms with Crippen molar-refractivity contribution in [2.45, 2.75) is 39.5 Å². The molecule has 0 spiro atoms. The van der Waals surface area contributed by atoms with E-state index in [0.717, 1.165) is 0 Å². The highest BCUT2D eigenvalue weighted by Crippen LogP contribution is 2.05. The maximum Gasteiger partial charge on any atom is 0.252 e. The van der Waals surface area contributed by atoms with Gasteiger partial charge in [-0.1, -0.05) is 5.16 Å². The van der Waals surface area contributed by atoms with E-state index in [0.29, 0.717) is 36.9 Å². The Morgan fingerprint density at radius 1 is 1.47 bits per heavy atom. The van der Waals surface area contributed by atoms with Gasteiger partial charge in [-0.3, -0.25) is 4.79 Å². The number of nitrogens with one attached hydrogen (secondary N) is 1. The van der Waals surface area contributed by atoms with Gasteiger partial charge in [-0.25, -0.2) is 0 Å². The van der Waals surface area contributed by atoms with Crippen LogP contribution in [0, 0.1) is 6.92 Å². The molecule has 2 rings (SSSR count). The van der Waals surface area contributed by atoms with Gasteiger partial charge in [0.2, 0.25) is 5.91 Å². The van der Waals surface area contributed by atoms with E-state index in [-0.39, 0.29) is 19.1 Å². The number of carbonyl (C=O) groups excluding carboxylic acids is 1. The van der Waals surface area contributed by atoms with Gasteiger partial charge in [-0.15, -0.1) is 0 Å². The van der Waals surface area contributed by atoms with Crippen molar-refractivity contribution >= 4 is 5.91 Å². The first-order chi connectivity index (χ1) is 9.04. The molecule has 7 heteroatoms. The zero-order valence-corrected chi connectivity index (χ0v) is 11.5. The van der Waals surface area contributed by atoms with Crippen LogP contribution >= 0.6 is 0 Å². The molecule has 2 heterocycles. The SMILES string of the molecule is Cc1noc(COCC(=O)N2C[C@H](C)N[C@@H](C)C2)n1. The number of ether oxygens (including phenoxy) is 1. The van der Waals surface area contributed by atoms with E-state index in [2.05, 4.69) is 29.3 Å². The molecule has 106 valence electrons. The molecule has 1 aromatic heterocycles. The molecule has 7 nitrogen and oxygen atoms in total. The molecule has 1 amide bonds. The van der Waals surface area contributed by atoms with E-state index in [1.165, 1.54) is 0 Å². The van der Waals surface area contributed by atoms with Crippen LogP contribution in [-0.4, -0.2) is 52.7 Å². The van der Waals surface area contributed by atoms with Crippen molar-refractivity contribution in [2.24, 2.45) is 0 Å². The summed E-state index contributed by atoms with van der Waals surface area (Å²) in [5.41, 5.74) is 0. The predicted molar refractivity (Wildman–Crippen MR) is 67.3 cm³/mol. The topological polar surface area (TPSA) is 80.5 Å². The zero-order valence-electron chi connectivity index (χ0n) is 11.5. The standard InChI is InChI=1S/C12H20N4O3/c1-8-4-16(5-9(2)13-8)12(17)7-18-6-11-14-10(3)15-19-11/h8-9,13H,4-7H2,1-3H3/t8-,9-/m0/s1. The third-order valence-corrected chi connectivity index (χ3v) is 2.93. The van der Waals surface area contributed by atoms with E-state index in [1.807, 2.05) is 4.90 Å². The largest absolute Gasteiger partial charge is 0.362 e. The van der Waals surface area contributed by atoms with Gasteiger partial charge in [-0.2, -0.15) is 4.98 Å². The van der Waals surface area contributed by atoms with E-state index >= 15 is 0 Å². The smallest absolute Gasteiger partial charge is 0.252 e. The molecule has 1 fully saturated rings. The minimum atomic E-state index is -0.00330. The molecule has 0 aromatic carbocycles. The van der Waals surface area contributed by atoms with Gasteiger partial charge in [0.05, 0.1) is 0 Å². The minimum absolute atomic E-state index is 0.00330. The number of aryl methyl sites for hydroxylation is 1. The second-order valence-corrected chi connectivity index (χ2v) is 5.00. The van der Waals surface area contributed by atoms with Crippen LogP contribution in [0.3, 0.4) is 0 Å². The minimum Gasteiger partial charge on any atom is -0.362 e. The zero-order chi connectivity index (χ0) is 13.8. The average molecular weight is 268 g/mol. The Morgan fingerprint density at radius 2 is 2.16 bits per heavy atom.